The molecule has 0 saturated heterocycles. The van der Waals surface area contributed by atoms with Crippen LogP contribution in [0.3, 0.4) is 0 Å². The summed E-state index contributed by atoms with van der Waals surface area (Å²) in [6.45, 7) is 0. The molecule has 0 spiro atoms. The Kier molecular flexibility index (Phi) is 3.28. The van der Waals surface area contributed by atoms with Crippen LogP contribution in [0.4, 0.5) is 0 Å². The minimum atomic E-state index is -0.652. The summed E-state index contributed by atoms with van der Waals surface area (Å²) in [4.78, 5) is 25.6. The maximum Gasteiger partial charge on any atom is 0.334 e. The fourth-order valence-electron chi connectivity index (χ4n) is 1.38. The van der Waals surface area contributed by atoms with E-state index in [1.807, 2.05) is 0 Å². The number of nitrogens with zero attached hydrogens (tertiary/aromatic N) is 1. The normalized spacial score (nSPS) is 10.5. The third kappa shape index (κ3) is 2.54. The van der Waals surface area contributed by atoms with Crippen molar-refractivity contribution >= 4 is 34.8 Å². The van der Waals surface area contributed by atoms with E-state index in [0.29, 0.717) is 10.0 Å². The lowest BCUT2D eigenvalue weighted by Gasteiger charge is -2.05. The van der Waals surface area contributed by atoms with Crippen LogP contribution < -0.4 is 11.2 Å². The highest BCUT2D eigenvalue weighted by Gasteiger charge is 2.07. The Labute approximate surface area is 110 Å². The molecule has 0 atom stereocenters. The van der Waals surface area contributed by atoms with Crippen LogP contribution in [-0.4, -0.2) is 9.55 Å². The van der Waals surface area contributed by atoms with E-state index in [-0.39, 0.29) is 10.8 Å². The van der Waals surface area contributed by atoms with Crippen molar-refractivity contribution in [1.82, 2.24) is 9.55 Å². The summed E-state index contributed by atoms with van der Waals surface area (Å²) in [7, 11) is 0. The number of H-pyrrole nitrogens is 1. The van der Waals surface area contributed by atoms with Crippen molar-refractivity contribution in [3.63, 3.8) is 0 Å². The molecule has 0 saturated carbocycles. The molecule has 1 aromatic heterocycles. The van der Waals surface area contributed by atoms with E-state index in [1.54, 1.807) is 0 Å². The van der Waals surface area contributed by atoms with E-state index in [4.69, 9.17) is 34.8 Å². The average Bonchev–Trinajstić information content (AvgIpc) is 2.13. The highest BCUT2D eigenvalue weighted by atomic mass is 35.5. The van der Waals surface area contributed by atoms with Gasteiger partial charge in [0.05, 0.1) is 5.69 Å². The Morgan fingerprint density at radius 2 is 1.53 bits per heavy atom. The number of benzene rings is 1. The van der Waals surface area contributed by atoms with Gasteiger partial charge in [-0.05, 0) is 18.2 Å². The molecule has 2 aromatic rings. The fraction of sp³-hybridized carbons (Fsp3) is 0. The van der Waals surface area contributed by atoms with E-state index < -0.39 is 11.2 Å². The number of hydrogen-bond donors (Lipinski definition) is 1. The quantitative estimate of drug-likeness (QED) is 0.821. The summed E-state index contributed by atoms with van der Waals surface area (Å²) in [6, 6.07) is 5.51. The molecular formula is C10H5Cl3N2O2. The van der Waals surface area contributed by atoms with Crippen molar-refractivity contribution < 1.29 is 0 Å². The smallest absolute Gasteiger partial charge is 0.297 e. The first-order valence-corrected chi connectivity index (χ1v) is 5.59. The number of aromatic nitrogens is 2. The van der Waals surface area contributed by atoms with Crippen molar-refractivity contribution in [3.05, 3.63) is 60.3 Å². The first kappa shape index (κ1) is 12.2. The second kappa shape index (κ2) is 4.56. The lowest BCUT2D eigenvalue weighted by molar-refractivity contribution is 0.876. The van der Waals surface area contributed by atoms with Gasteiger partial charge in [-0.3, -0.25) is 9.78 Å². The zero-order chi connectivity index (χ0) is 12.6. The van der Waals surface area contributed by atoms with E-state index in [2.05, 4.69) is 4.98 Å². The molecule has 17 heavy (non-hydrogen) atoms. The molecule has 0 radical (unpaired) electrons. The summed E-state index contributed by atoms with van der Waals surface area (Å²) in [6.07, 6.45) is 0. The van der Waals surface area contributed by atoms with Crippen molar-refractivity contribution in [1.29, 1.82) is 0 Å². The lowest BCUT2D eigenvalue weighted by atomic mass is 10.3. The molecule has 0 aliphatic heterocycles. The number of hydrogen-bond acceptors (Lipinski definition) is 2. The van der Waals surface area contributed by atoms with Gasteiger partial charge in [0.2, 0.25) is 0 Å². The number of aromatic amines is 1. The van der Waals surface area contributed by atoms with Crippen molar-refractivity contribution in [2.75, 3.05) is 0 Å². The molecule has 0 bridgehead atoms. The number of halogens is 3. The highest BCUT2D eigenvalue weighted by molar-refractivity contribution is 6.34. The van der Waals surface area contributed by atoms with Gasteiger partial charge in [0, 0.05) is 16.1 Å². The van der Waals surface area contributed by atoms with Gasteiger partial charge >= 0.3 is 5.69 Å². The number of nitrogens with one attached hydrogen (secondary N) is 1. The molecule has 4 nitrogen and oxygen atoms in total. The Hall–Kier alpha value is -1.23. The number of rotatable bonds is 1. The van der Waals surface area contributed by atoms with Crippen LogP contribution in [0, 0.1) is 0 Å². The molecule has 88 valence electrons. The molecule has 0 aliphatic carbocycles. The van der Waals surface area contributed by atoms with E-state index >= 15 is 0 Å². The maximum absolute atomic E-state index is 11.7. The molecule has 2 rings (SSSR count). The molecule has 0 amide bonds. The maximum atomic E-state index is 11.7. The SMILES string of the molecule is O=c1cc(Cl)[nH]c(=O)n1-c1cc(Cl)cc(Cl)c1. The summed E-state index contributed by atoms with van der Waals surface area (Å²) >= 11 is 17.1. The first-order valence-electron chi connectivity index (χ1n) is 4.46. The Morgan fingerprint density at radius 1 is 0.941 bits per heavy atom. The summed E-state index contributed by atoms with van der Waals surface area (Å²) < 4.78 is 0.892. The zero-order valence-corrected chi connectivity index (χ0v) is 10.5. The minimum Gasteiger partial charge on any atom is -0.297 e. The molecule has 0 unspecified atom stereocenters. The second-order valence-electron chi connectivity index (χ2n) is 3.22. The van der Waals surface area contributed by atoms with Crippen LogP contribution in [0.15, 0.2) is 33.9 Å². The Morgan fingerprint density at radius 3 is 2.06 bits per heavy atom. The minimum absolute atomic E-state index is 0.0237. The van der Waals surface area contributed by atoms with Crippen molar-refractivity contribution in [2.24, 2.45) is 0 Å². The van der Waals surface area contributed by atoms with Gasteiger partial charge in [-0.2, -0.15) is 0 Å². The fourth-order valence-corrected chi connectivity index (χ4v) is 2.07. The summed E-state index contributed by atoms with van der Waals surface area (Å²) in [5.41, 5.74) is -0.927. The van der Waals surface area contributed by atoms with Gasteiger partial charge in [0.1, 0.15) is 5.15 Å². The largest absolute Gasteiger partial charge is 0.334 e. The average molecular weight is 292 g/mol. The molecule has 1 N–H and O–H groups in total. The third-order valence-electron chi connectivity index (χ3n) is 2.01. The first-order chi connectivity index (χ1) is 7.97. The zero-order valence-electron chi connectivity index (χ0n) is 8.21. The van der Waals surface area contributed by atoms with E-state index in [1.165, 1.54) is 18.2 Å². The van der Waals surface area contributed by atoms with E-state index in [0.717, 1.165) is 10.6 Å². The molecule has 0 aliphatic rings. The van der Waals surface area contributed by atoms with Gasteiger partial charge < -0.3 is 0 Å². The highest BCUT2D eigenvalue weighted by Crippen LogP contribution is 2.20. The van der Waals surface area contributed by atoms with Gasteiger partial charge in [-0.15, -0.1) is 0 Å². The van der Waals surface area contributed by atoms with Gasteiger partial charge in [-0.25, -0.2) is 9.36 Å². The predicted octanol–water partition coefficient (Wildman–Crippen LogP) is 2.49. The van der Waals surface area contributed by atoms with Crippen LogP contribution in [0.1, 0.15) is 0 Å². The standard InChI is InChI=1S/C10H5Cl3N2O2/c11-5-1-6(12)3-7(2-5)15-9(16)4-8(13)14-10(15)17/h1-4H,(H,14,17). The summed E-state index contributed by atoms with van der Waals surface area (Å²) in [5, 5.41) is 0.631. The van der Waals surface area contributed by atoms with Gasteiger partial charge in [0.15, 0.2) is 0 Å². The van der Waals surface area contributed by atoms with Crippen LogP contribution in [-0.2, 0) is 0 Å². The van der Waals surface area contributed by atoms with Crippen molar-refractivity contribution in [2.45, 2.75) is 0 Å². The van der Waals surface area contributed by atoms with Crippen molar-refractivity contribution in [3.8, 4) is 5.69 Å². The van der Waals surface area contributed by atoms with Crippen LogP contribution in [0.5, 0.6) is 0 Å². The molecule has 1 heterocycles. The van der Waals surface area contributed by atoms with Gasteiger partial charge in [0.25, 0.3) is 5.56 Å². The summed E-state index contributed by atoms with van der Waals surface area (Å²) in [5.74, 6) is 0. The molecule has 1 aromatic carbocycles. The molecule has 7 heteroatoms. The Balaban J connectivity index is 2.77. The van der Waals surface area contributed by atoms with Crippen LogP contribution in [0.25, 0.3) is 5.69 Å². The second-order valence-corrected chi connectivity index (χ2v) is 4.50. The van der Waals surface area contributed by atoms with Crippen LogP contribution >= 0.6 is 34.8 Å². The lowest BCUT2D eigenvalue weighted by Crippen LogP contribution is -2.32. The molecular weight excluding hydrogens is 286 g/mol. The third-order valence-corrected chi connectivity index (χ3v) is 2.65. The predicted molar refractivity (Wildman–Crippen MR) is 67.7 cm³/mol. The Bertz CT molecular complexity index is 639. The topological polar surface area (TPSA) is 54.9 Å². The van der Waals surface area contributed by atoms with Gasteiger partial charge in [-0.1, -0.05) is 34.8 Å². The molecule has 0 fully saturated rings. The van der Waals surface area contributed by atoms with E-state index in [9.17, 15) is 9.59 Å². The van der Waals surface area contributed by atoms with Crippen LogP contribution in [0.2, 0.25) is 15.2 Å². The monoisotopic (exact) mass is 290 g/mol.